The Labute approximate surface area is 199 Å². The molecule has 2 saturated heterocycles. The van der Waals surface area contributed by atoms with Gasteiger partial charge in [0, 0.05) is 6.07 Å². The summed E-state index contributed by atoms with van der Waals surface area (Å²) < 4.78 is 11.4. The summed E-state index contributed by atoms with van der Waals surface area (Å²) in [5.41, 5.74) is 2.05. The van der Waals surface area contributed by atoms with Gasteiger partial charge in [0.15, 0.2) is 6.10 Å². The third kappa shape index (κ3) is 3.55. The lowest BCUT2D eigenvalue weighted by Crippen LogP contribution is -2.37. The van der Waals surface area contributed by atoms with Crippen molar-refractivity contribution in [3.8, 4) is 11.5 Å². The van der Waals surface area contributed by atoms with Gasteiger partial charge in [0.25, 0.3) is 5.91 Å². The van der Waals surface area contributed by atoms with E-state index in [0.717, 1.165) is 15.7 Å². The first kappa shape index (κ1) is 21.5. The van der Waals surface area contributed by atoms with Gasteiger partial charge >= 0.3 is 0 Å². The molecule has 0 spiro atoms. The van der Waals surface area contributed by atoms with Crippen molar-refractivity contribution in [1.29, 1.82) is 0 Å². The first-order valence-electron chi connectivity index (χ1n) is 10.4. The fraction of sp³-hybridized carbons (Fsp3) is 0.200. The molecule has 0 aromatic heterocycles. The van der Waals surface area contributed by atoms with Crippen LogP contribution in [0.1, 0.15) is 11.6 Å². The molecule has 3 atom stereocenters. The monoisotopic (exact) mass is 508 g/mol. The van der Waals surface area contributed by atoms with Crippen LogP contribution in [-0.4, -0.2) is 32.1 Å². The van der Waals surface area contributed by atoms with Crippen LogP contribution in [0.2, 0.25) is 0 Å². The number of rotatable bonds is 5. The van der Waals surface area contributed by atoms with Gasteiger partial charge in [-0.15, -0.1) is 0 Å². The number of imide groups is 1. The Hall–Kier alpha value is -3.36. The number of para-hydroxylation sites is 1. The van der Waals surface area contributed by atoms with Crippen LogP contribution in [0.15, 0.2) is 77.3 Å². The number of hydrogen-bond donors (Lipinski definition) is 0. The van der Waals surface area contributed by atoms with Crippen LogP contribution in [-0.2, 0) is 14.4 Å². The van der Waals surface area contributed by atoms with Gasteiger partial charge in [-0.2, -0.15) is 0 Å². The Morgan fingerprint density at radius 3 is 2.30 bits per heavy atom. The van der Waals surface area contributed by atoms with E-state index >= 15 is 0 Å². The van der Waals surface area contributed by atoms with E-state index in [0.29, 0.717) is 17.2 Å². The second kappa shape index (κ2) is 8.53. The Morgan fingerprint density at radius 1 is 0.848 bits per heavy atom. The van der Waals surface area contributed by atoms with E-state index in [-0.39, 0.29) is 5.91 Å². The largest absolute Gasteiger partial charge is 0.497 e. The zero-order valence-corrected chi connectivity index (χ0v) is 19.6. The van der Waals surface area contributed by atoms with Crippen molar-refractivity contribution in [3.05, 3.63) is 82.8 Å². The summed E-state index contributed by atoms with van der Waals surface area (Å²) in [6, 6.07) is 21.5. The molecule has 8 heteroatoms. The molecule has 2 aliphatic heterocycles. The topological polar surface area (TPSA) is 68.3 Å². The number of halogens is 1. The Balaban J connectivity index is 1.59. The van der Waals surface area contributed by atoms with E-state index in [2.05, 4.69) is 15.9 Å². The zero-order chi connectivity index (χ0) is 23.1. The van der Waals surface area contributed by atoms with Gasteiger partial charge in [0.2, 0.25) is 5.91 Å². The highest BCUT2D eigenvalue weighted by molar-refractivity contribution is 9.10. The smallest absolute Gasteiger partial charge is 0.266 e. The molecule has 0 saturated carbocycles. The van der Waals surface area contributed by atoms with Gasteiger partial charge in [0.1, 0.15) is 17.4 Å². The molecule has 0 aliphatic carbocycles. The van der Waals surface area contributed by atoms with Crippen molar-refractivity contribution in [1.82, 2.24) is 0 Å². The number of anilines is 2. The molecule has 2 aliphatic rings. The predicted molar refractivity (Wildman–Crippen MR) is 126 cm³/mol. The molecule has 2 amide bonds. The van der Waals surface area contributed by atoms with Crippen LogP contribution in [0, 0.1) is 5.92 Å². The van der Waals surface area contributed by atoms with Crippen LogP contribution >= 0.6 is 15.9 Å². The lowest BCUT2D eigenvalue weighted by Gasteiger charge is -2.29. The third-order valence-corrected chi connectivity index (χ3v) is 6.57. The van der Waals surface area contributed by atoms with Crippen molar-refractivity contribution >= 4 is 39.1 Å². The van der Waals surface area contributed by atoms with E-state index < -0.39 is 24.0 Å². The number of hydroxylamine groups is 1. The van der Waals surface area contributed by atoms with Crippen molar-refractivity contribution in [2.24, 2.45) is 5.92 Å². The van der Waals surface area contributed by atoms with Gasteiger partial charge in [-0.3, -0.25) is 14.4 Å². The Bertz CT molecular complexity index is 1220. The fourth-order valence-corrected chi connectivity index (χ4v) is 4.98. The first-order valence-corrected chi connectivity index (χ1v) is 11.2. The van der Waals surface area contributed by atoms with E-state index in [1.165, 1.54) is 4.90 Å². The lowest BCUT2D eigenvalue weighted by atomic mass is 9.90. The maximum atomic E-state index is 13.7. The van der Waals surface area contributed by atoms with Gasteiger partial charge in [-0.1, -0.05) is 30.3 Å². The van der Waals surface area contributed by atoms with Crippen LogP contribution in [0.5, 0.6) is 11.5 Å². The maximum absolute atomic E-state index is 13.7. The molecular formula is C25H21BrN2O5. The molecule has 3 aromatic rings. The van der Waals surface area contributed by atoms with Gasteiger partial charge in [-0.25, -0.2) is 9.96 Å². The summed E-state index contributed by atoms with van der Waals surface area (Å²) in [7, 11) is 3.13. The fourth-order valence-electron chi connectivity index (χ4n) is 4.42. The minimum atomic E-state index is -0.935. The summed E-state index contributed by atoms with van der Waals surface area (Å²) >= 11 is 3.53. The number of amides is 2. The summed E-state index contributed by atoms with van der Waals surface area (Å²) in [6.45, 7) is 0. The summed E-state index contributed by atoms with van der Waals surface area (Å²) in [6.07, 6.45) is -0.935. The number of carbonyl (C=O) groups excluding carboxylic acids is 2. The zero-order valence-electron chi connectivity index (χ0n) is 18.0. The van der Waals surface area contributed by atoms with Crippen LogP contribution in [0.25, 0.3) is 0 Å². The molecular weight excluding hydrogens is 488 g/mol. The molecule has 7 nitrogen and oxygen atoms in total. The third-order valence-electron chi connectivity index (χ3n) is 5.95. The van der Waals surface area contributed by atoms with Gasteiger partial charge in [-0.05, 0) is 57.9 Å². The number of fused-ring (bicyclic) bond motifs is 1. The number of carbonyl (C=O) groups is 2. The normalized spacial score (nSPS) is 22.0. The van der Waals surface area contributed by atoms with E-state index in [1.54, 1.807) is 43.5 Å². The number of benzene rings is 3. The predicted octanol–water partition coefficient (Wildman–Crippen LogP) is 4.52. The summed E-state index contributed by atoms with van der Waals surface area (Å²) in [5.74, 6) is -0.188. The first-order chi connectivity index (χ1) is 16.0. The van der Waals surface area contributed by atoms with E-state index in [4.69, 9.17) is 14.3 Å². The van der Waals surface area contributed by atoms with Crippen molar-refractivity contribution in [3.63, 3.8) is 0 Å². The molecule has 3 aromatic carbocycles. The second-order valence-electron chi connectivity index (χ2n) is 7.77. The van der Waals surface area contributed by atoms with E-state index in [9.17, 15) is 9.59 Å². The highest BCUT2D eigenvalue weighted by Gasteiger charge is 2.60. The molecule has 2 heterocycles. The molecule has 33 heavy (non-hydrogen) atoms. The van der Waals surface area contributed by atoms with Crippen molar-refractivity contribution in [2.75, 3.05) is 24.2 Å². The molecule has 0 radical (unpaired) electrons. The average molecular weight is 509 g/mol. The molecule has 3 unspecified atom stereocenters. The number of ether oxygens (including phenoxy) is 2. The quantitative estimate of drug-likeness (QED) is 0.472. The van der Waals surface area contributed by atoms with Crippen LogP contribution in [0.3, 0.4) is 0 Å². The van der Waals surface area contributed by atoms with Crippen LogP contribution < -0.4 is 19.4 Å². The van der Waals surface area contributed by atoms with Crippen molar-refractivity contribution < 1.29 is 23.9 Å². The molecule has 0 bridgehead atoms. The van der Waals surface area contributed by atoms with Gasteiger partial charge < -0.3 is 9.47 Å². The average Bonchev–Trinajstić information content (AvgIpc) is 3.35. The molecule has 2 fully saturated rings. The number of hydrogen-bond acceptors (Lipinski definition) is 6. The lowest BCUT2D eigenvalue weighted by molar-refractivity contribution is -0.126. The highest BCUT2D eigenvalue weighted by atomic mass is 79.9. The second-order valence-corrected chi connectivity index (χ2v) is 8.62. The number of nitrogens with zero attached hydrogens (tertiary/aromatic N) is 2. The standard InChI is InChI=1S/C25H21BrN2O5/c1-31-18-10-6-9-17(14-18)27-24(29)21-22(15-11-12-20(32-2)19(26)13-15)28(33-23(21)25(27)30)16-7-4-3-5-8-16/h3-14,21-23H,1-2H3. The molecule has 0 N–H and O–H groups in total. The summed E-state index contributed by atoms with van der Waals surface area (Å²) in [4.78, 5) is 34.5. The van der Waals surface area contributed by atoms with Crippen molar-refractivity contribution in [2.45, 2.75) is 12.1 Å². The Kier molecular flexibility index (Phi) is 5.55. The SMILES string of the molecule is COc1cccc(N2C(=O)C3ON(c4ccccc4)C(c4ccc(OC)c(Br)c4)C3C2=O)c1. The maximum Gasteiger partial charge on any atom is 0.266 e. The molecule has 168 valence electrons. The van der Waals surface area contributed by atoms with E-state index in [1.807, 2.05) is 48.5 Å². The number of methoxy groups -OCH3 is 2. The highest BCUT2D eigenvalue weighted by Crippen LogP contribution is 2.48. The molecule has 5 rings (SSSR count). The summed E-state index contributed by atoms with van der Waals surface area (Å²) in [5, 5.41) is 1.67. The Morgan fingerprint density at radius 2 is 1.61 bits per heavy atom. The van der Waals surface area contributed by atoms with Gasteiger partial charge in [0.05, 0.1) is 36.1 Å². The van der Waals surface area contributed by atoms with Crippen LogP contribution in [0.4, 0.5) is 11.4 Å². The minimum Gasteiger partial charge on any atom is -0.497 e. The minimum absolute atomic E-state index is 0.311.